The highest BCUT2D eigenvalue weighted by molar-refractivity contribution is 5.17. The summed E-state index contributed by atoms with van der Waals surface area (Å²) in [7, 11) is 0. The highest BCUT2D eigenvalue weighted by Gasteiger charge is 2.16. The molecule has 0 radical (unpaired) electrons. The van der Waals surface area contributed by atoms with Crippen molar-refractivity contribution >= 4 is 0 Å². The predicted octanol–water partition coefficient (Wildman–Crippen LogP) is 0.227. The Bertz CT molecular complexity index is 335. The molecule has 2 heterocycles. The first kappa shape index (κ1) is 12.4. The molecular formula is C12H20N4O. The van der Waals surface area contributed by atoms with Crippen molar-refractivity contribution in [2.45, 2.75) is 13.0 Å². The third kappa shape index (κ3) is 3.47. The van der Waals surface area contributed by atoms with Gasteiger partial charge < -0.3 is 10.5 Å². The number of ether oxygens (including phenoxy) is 1. The van der Waals surface area contributed by atoms with Gasteiger partial charge in [0.25, 0.3) is 0 Å². The van der Waals surface area contributed by atoms with Crippen LogP contribution in [0, 0.1) is 6.92 Å². The first-order valence-electron chi connectivity index (χ1n) is 6.01. The summed E-state index contributed by atoms with van der Waals surface area (Å²) in [4.78, 5) is 4.30. The summed E-state index contributed by atoms with van der Waals surface area (Å²) in [6.45, 7) is 5.89. The van der Waals surface area contributed by atoms with Gasteiger partial charge in [0, 0.05) is 31.5 Å². The number of morpholine rings is 1. The van der Waals surface area contributed by atoms with Crippen LogP contribution in [-0.2, 0) is 4.74 Å². The minimum Gasteiger partial charge on any atom is -0.379 e. The molecule has 5 heteroatoms. The van der Waals surface area contributed by atoms with Crippen molar-refractivity contribution in [2.24, 2.45) is 5.73 Å². The molecule has 1 aliphatic rings. The topological polar surface area (TPSA) is 63.4 Å². The Hall–Kier alpha value is -1.01. The van der Waals surface area contributed by atoms with Crippen LogP contribution in [0.4, 0.5) is 0 Å². The molecule has 0 aliphatic carbocycles. The highest BCUT2D eigenvalue weighted by atomic mass is 16.5. The second kappa shape index (κ2) is 6.07. The van der Waals surface area contributed by atoms with Gasteiger partial charge in [-0.05, 0) is 18.6 Å². The van der Waals surface area contributed by atoms with Crippen LogP contribution < -0.4 is 11.2 Å². The summed E-state index contributed by atoms with van der Waals surface area (Å²) >= 11 is 0. The van der Waals surface area contributed by atoms with Gasteiger partial charge in [0.05, 0.1) is 19.3 Å². The Morgan fingerprint density at radius 2 is 2.24 bits per heavy atom. The summed E-state index contributed by atoms with van der Waals surface area (Å²) in [6, 6.07) is 4.22. The molecule has 0 spiro atoms. The minimum atomic E-state index is 0.126. The molecule has 94 valence electrons. The van der Waals surface area contributed by atoms with E-state index in [1.165, 1.54) is 0 Å². The summed E-state index contributed by atoms with van der Waals surface area (Å²) < 4.78 is 5.31. The molecule has 1 aliphatic heterocycles. The van der Waals surface area contributed by atoms with Crippen LogP contribution in [0.5, 0.6) is 0 Å². The van der Waals surface area contributed by atoms with Crippen molar-refractivity contribution in [1.82, 2.24) is 15.4 Å². The summed E-state index contributed by atoms with van der Waals surface area (Å²) in [5.74, 6) is 0. The zero-order valence-electron chi connectivity index (χ0n) is 10.2. The fourth-order valence-corrected chi connectivity index (χ4v) is 1.86. The van der Waals surface area contributed by atoms with Gasteiger partial charge >= 0.3 is 0 Å². The van der Waals surface area contributed by atoms with E-state index in [0.717, 1.165) is 37.6 Å². The maximum absolute atomic E-state index is 5.81. The minimum absolute atomic E-state index is 0.126. The van der Waals surface area contributed by atoms with Gasteiger partial charge in [-0.3, -0.25) is 4.98 Å². The molecule has 0 amide bonds. The van der Waals surface area contributed by atoms with Crippen molar-refractivity contribution in [1.29, 1.82) is 0 Å². The fraction of sp³-hybridized carbons (Fsp3) is 0.583. The number of nitrogens with two attached hydrogens (primary N) is 1. The smallest absolute Gasteiger partial charge is 0.0608 e. The number of rotatable bonds is 4. The average Bonchev–Trinajstić information content (AvgIpc) is 2.38. The number of nitrogens with zero attached hydrogens (tertiary/aromatic N) is 2. The third-order valence-corrected chi connectivity index (χ3v) is 2.92. The fourth-order valence-electron chi connectivity index (χ4n) is 1.86. The maximum Gasteiger partial charge on any atom is 0.0608 e. The zero-order chi connectivity index (χ0) is 12.1. The number of nitrogens with one attached hydrogen (secondary N) is 1. The lowest BCUT2D eigenvalue weighted by atomic mass is 10.1. The number of aryl methyl sites for hydroxylation is 1. The Kier molecular flexibility index (Phi) is 4.44. The number of aromatic nitrogens is 1. The van der Waals surface area contributed by atoms with Gasteiger partial charge in [-0.2, -0.15) is 0 Å². The zero-order valence-corrected chi connectivity index (χ0v) is 10.2. The quantitative estimate of drug-likeness (QED) is 0.783. The normalized spacial score (nSPS) is 19.2. The van der Waals surface area contributed by atoms with Gasteiger partial charge in [0.1, 0.15) is 0 Å². The molecular weight excluding hydrogens is 216 g/mol. The lowest BCUT2D eigenvalue weighted by Gasteiger charge is -2.31. The molecule has 1 atom stereocenters. The first-order chi connectivity index (χ1) is 8.29. The van der Waals surface area contributed by atoms with E-state index in [0.29, 0.717) is 6.54 Å². The van der Waals surface area contributed by atoms with Crippen molar-refractivity contribution in [3.05, 3.63) is 29.6 Å². The van der Waals surface area contributed by atoms with E-state index in [-0.39, 0.29) is 6.04 Å². The molecule has 17 heavy (non-hydrogen) atoms. The summed E-state index contributed by atoms with van der Waals surface area (Å²) in [5.41, 5.74) is 11.4. The molecule has 0 aromatic carbocycles. The maximum atomic E-state index is 5.81. The molecule has 1 saturated heterocycles. The molecule has 1 unspecified atom stereocenters. The van der Waals surface area contributed by atoms with E-state index in [9.17, 15) is 0 Å². The second-order valence-electron chi connectivity index (χ2n) is 4.25. The molecule has 0 saturated carbocycles. The predicted molar refractivity (Wildman–Crippen MR) is 66.3 cm³/mol. The van der Waals surface area contributed by atoms with E-state index in [2.05, 4.69) is 21.5 Å². The van der Waals surface area contributed by atoms with Crippen LogP contribution in [0.1, 0.15) is 17.3 Å². The van der Waals surface area contributed by atoms with E-state index < -0.39 is 0 Å². The number of hydrazine groups is 1. The largest absolute Gasteiger partial charge is 0.379 e. The summed E-state index contributed by atoms with van der Waals surface area (Å²) in [6.07, 6.45) is 1.89. The van der Waals surface area contributed by atoms with E-state index in [4.69, 9.17) is 10.5 Å². The molecule has 3 N–H and O–H groups in total. The Balaban J connectivity index is 1.97. The van der Waals surface area contributed by atoms with Crippen molar-refractivity contribution < 1.29 is 4.74 Å². The van der Waals surface area contributed by atoms with Gasteiger partial charge in [-0.15, -0.1) is 0 Å². The summed E-state index contributed by atoms with van der Waals surface area (Å²) in [5, 5.41) is 2.17. The van der Waals surface area contributed by atoms with Gasteiger partial charge in [-0.1, -0.05) is 6.07 Å². The molecule has 5 nitrogen and oxygen atoms in total. The van der Waals surface area contributed by atoms with Crippen LogP contribution in [0.25, 0.3) is 0 Å². The third-order valence-electron chi connectivity index (χ3n) is 2.92. The molecule has 1 aromatic heterocycles. The van der Waals surface area contributed by atoms with Crippen LogP contribution in [0.3, 0.4) is 0 Å². The van der Waals surface area contributed by atoms with Crippen LogP contribution >= 0.6 is 0 Å². The number of pyridine rings is 1. The molecule has 0 bridgehead atoms. The van der Waals surface area contributed by atoms with Gasteiger partial charge in [-0.25, -0.2) is 10.4 Å². The van der Waals surface area contributed by atoms with Gasteiger partial charge in [0.15, 0.2) is 0 Å². The van der Waals surface area contributed by atoms with Crippen molar-refractivity contribution in [3.8, 4) is 0 Å². The van der Waals surface area contributed by atoms with Crippen LogP contribution in [-0.4, -0.2) is 42.8 Å². The van der Waals surface area contributed by atoms with Crippen molar-refractivity contribution in [2.75, 3.05) is 32.8 Å². The lowest BCUT2D eigenvalue weighted by Crippen LogP contribution is -2.48. The van der Waals surface area contributed by atoms with Crippen LogP contribution in [0.2, 0.25) is 0 Å². The van der Waals surface area contributed by atoms with Crippen LogP contribution in [0.15, 0.2) is 18.3 Å². The SMILES string of the molecule is Cc1ccc(C(CN)NN2CCOCC2)cn1. The lowest BCUT2D eigenvalue weighted by molar-refractivity contribution is 0.00402. The molecule has 2 rings (SSSR count). The van der Waals surface area contributed by atoms with E-state index in [1.807, 2.05) is 19.2 Å². The Labute approximate surface area is 102 Å². The number of hydrogen-bond donors (Lipinski definition) is 2. The van der Waals surface area contributed by atoms with Gasteiger partial charge in [0.2, 0.25) is 0 Å². The number of hydrogen-bond acceptors (Lipinski definition) is 5. The van der Waals surface area contributed by atoms with Crippen molar-refractivity contribution in [3.63, 3.8) is 0 Å². The second-order valence-corrected chi connectivity index (χ2v) is 4.25. The first-order valence-corrected chi connectivity index (χ1v) is 6.01. The van der Waals surface area contributed by atoms with E-state index >= 15 is 0 Å². The monoisotopic (exact) mass is 236 g/mol. The molecule has 1 fully saturated rings. The standard InChI is InChI=1S/C12H20N4O/c1-10-2-3-11(9-14-10)12(8-13)15-16-4-6-17-7-5-16/h2-3,9,12,15H,4-8,13H2,1H3. The Morgan fingerprint density at radius 3 is 2.82 bits per heavy atom. The van der Waals surface area contributed by atoms with E-state index in [1.54, 1.807) is 0 Å². The average molecular weight is 236 g/mol. The molecule has 1 aromatic rings. The highest BCUT2D eigenvalue weighted by Crippen LogP contribution is 2.12. The Morgan fingerprint density at radius 1 is 1.47 bits per heavy atom.